The number of hydrogen-bond acceptors (Lipinski definition) is 4. The van der Waals surface area contributed by atoms with Crippen molar-refractivity contribution in [3.8, 4) is 5.69 Å². The van der Waals surface area contributed by atoms with Gasteiger partial charge in [0.1, 0.15) is 11.9 Å². The topological polar surface area (TPSA) is 84.4 Å². The second kappa shape index (κ2) is 9.96. The van der Waals surface area contributed by atoms with E-state index in [1.165, 1.54) is 0 Å². The summed E-state index contributed by atoms with van der Waals surface area (Å²) < 4.78 is 2.06. The molecule has 29 heavy (non-hydrogen) atoms. The zero-order valence-corrected chi connectivity index (χ0v) is 17.5. The number of carboxylic acids is 1. The van der Waals surface area contributed by atoms with E-state index in [2.05, 4.69) is 9.47 Å². The molecule has 1 atom stereocenters. The number of aliphatic carboxylic acids is 1. The molecule has 8 heteroatoms. The van der Waals surface area contributed by atoms with Crippen LogP contribution in [0.15, 0.2) is 48.5 Å². The number of fused-ring (bicyclic) bond motifs is 1. The third-order valence-electron chi connectivity index (χ3n) is 4.79. The first-order valence-corrected chi connectivity index (χ1v) is 10.5. The van der Waals surface area contributed by atoms with Crippen LogP contribution in [0.4, 0.5) is 5.69 Å². The summed E-state index contributed by atoms with van der Waals surface area (Å²) >= 11 is 11.9. The van der Waals surface area contributed by atoms with Crippen LogP contribution in [0.25, 0.3) is 16.7 Å². The lowest BCUT2D eigenvalue weighted by atomic mass is 10.1. The first-order valence-electron chi connectivity index (χ1n) is 9.47. The van der Waals surface area contributed by atoms with E-state index in [4.69, 9.17) is 39.0 Å². The number of imidazole rings is 1. The quantitative estimate of drug-likeness (QED) is 0.475. The number of nitrogens with two attached hydrogens (primary N) is 1. The Hall–Kier alpha value is -2.28. The van der Waals surface area contributed by atoms with Gasteiger partial charge in [-0.1, -0.05) is 18.2 Å². The number of aromatic nitrogens is 2. The van der Waals surface area contributed by atoms with Crippen molar-refractivity contribution in [2.45, 2.75) is 18.9 Å². The molecule has 0 amide bonds. The first kappa shape index (κ1) is 21.4. The van der Waals surface area contributed by atoms with Crippen LogP contribution in [-0.2, 0) is 11.2 Å². The van der Waals surface area contributed by atoms with Crippen LogP contribution in [0, 0.1) is 0 Å². The third-order valence-corrected chi connectivity index (χ3v) is 5.13. The maximum Gasteiger partial charge on any atom is 0.320 e. The largest absolute Gasteiger partial charge is 0.480 e. The smallest absolute Gasteiger partial charge is 0.320 e. The fourth-order valence-electron chi connectivity index (χ4n) is 3.33. The van der Waals surface area contributed by atoms with Crippen molar-refractivity contribution < 1.29 is 9.90 Å². The Kier molecular flexibility index (Phi) is 7.36. The molecule has 3 N–H and O–H groups in total. The molecular formula is C21H24Cl2N4O2. The van der Waals surface area contributed by atoms with Crippen molar-refractivity contribution in [1.29, 1.82) is 0 Å². The summed E-state index contributed by atoms with van der Waals surface area (Å²) in [5, 5.41) is 9.11. The Labute approximate surface area is 179 Å². The zero-order chi connectivity index (χ0) is 20.8. The first-order chi connectivity index (χ1) is 14.0. The average Bonchev–Trinajstić information content (AvgIpc) is 3.09. The molecule has 3 aromatic rings. The Morgan fingerprint density at radius 2 is 1.83 bits per heavy atom. The van der Waals surface area contributed by atoms with Gasteiger partial charge in [-0.2, -0.15) is 0 Å². The van der Waals surface area contributed by atoms with E-state index in [1.807, 2.05) is 48.5 Å². The van der Waals surface area contributed by atoms with Gasteiger partial charge in [-0.15, -0.1) is 23.2 Å². The van der Waals surface area contributed by atoms with E-state index in [1.54, 1.807) is 0 Å². The highest BCUT2D eigenvalue weighted by Crippen LogP contribution is 2.27. The molecule has 1 aromatic heterocycles. The molecule has 0 aliphatic heterocycles. The number of nitrogens with zero attached hydrogens (tertiary/aromatic N) is 3. The molecule has 0 radical (unpaired) electrons. The summed E-state index contributed by atoms with van der Waals surface area (Å²) in [6.45, 7) is 1.39. The monoisotopic (exact) mass is 434 g/mol. The van der Waals surface area contributed by atoms with Crippen LogP contribution < -0.4 is 10.6 Å². The summed E-state index contributed by atoms with van der Waals surface area (Å²) in [4.78, 5) is 18.0. The third kappa shape index (κ3) is 5.01. The van der Waals surface area contributed by atoms with Crippen molar-refractivity contribution in [3.05, 3.63) is 54.4 Å². The van der Waals surface area contributed by atoms with Gasteiger partial charge >= 0.3 is 5.97 Å². The van der Waals surface area contributed by atoms with Crippen LogP contribution >= 0.6 is 23.2 Å². The van der Waals surface area contributed by atoms with Crippen molar-refractivity contribution >= 4 is 45.9 Å². The van der Waals surface area contributed by atoms with E-state index < -0.39 is 12.0 Å². The van der Waals surface area contributed by atoms with Gasteiger partial charge in [-0.25, -0.2) is 4.98 Å². The summed E-state index contributed by atoms with van der Waals surface area (Å²) in [5.74, 6) is 0.783. The number of carboxylic acid groups (broad SMARTS) is 1. The highest BCUT2D eigenvalue weighted by molar-refractivity contribution is 6.18. The summed E-state index contributed by atoms with van der Waals surface area (Å²) in [5.41, 5.74) is 9.47. The number of anilines is 1. The van der Waals surface area contributed by atoms with E-state index in [0.29, 0.717) is 37.7 Å². The summed E-state index contributed by atoms with van der Waals surface area (Å²) in [6.07, 6.45) is 0.766. The molecule has 3 rings (SSSR count). The van der Waals surface area contributed by atoms with E-state index in [0.717, 1.165) is 28.2 Å². The second-order valence-corrected chi connectivity index (χ2v) is 7.48. The molecule has 0 bridgehead atoms. The number of alkyl halides is 2. The van der Waals surface area contributed by atoms with Gasteiger partial charge in [0.25, 0.3) is 0 Å². The van der Waals surface area contributed by atoms with Gasteiger partial charge in [0, 0.05) is 42.6 Å². The molecule has 6 nitrogen and oxygen atoms in total. The van der Waals surface area contributed by atoms with Crippen molar-refractivity contribution in [1.82, 2.24) is 9.55 Å². The minimum absolute atomic E-state index is 0.308. The molecule has 0 unspecified atom stereocenters. The van der Waals surface area contributed by atoms with Crippen LogP contribution in [0.1, 0.15) is 12.2 Å². The minimum atomic E-state index is -1.01. The molecule has 1 heterocycles. The molecule has 0 spiro atoms. The fourth-order valence-corrected chi connectivity index (χ4v) is 3.74. The predicted octanol–water partition coefficient (Wildman–Crippen LogP) is 3.65. The Morgan fingerprint density at radius 1 is 1.14 bits per heavy atom. The van der Waals surface area contributed by atoms with Crippen molar-refractivity contribution in [2.24, 2.45) is 5.73 Å². The highest BCUT2D eigenvalue weighted by Gasteiger charge is 2.17. The number of aryl methyl sites for hydroxylation is 1. The maximum atomic E-state index is 11.1. The lowest BCUT2D eigenvalue weighted by Gasteiger charge is -2.22. The van der Waals surface area contributed by atoms with Gasteiger partial charge in [-0.3, -0.25) is 9.36 Å². The number of carbonyl (C=O) groups is 1. The van der Waals surface area contributed by atoms with Crippen molar-refractivity contribution in [3.63, 3.8) is 0 Å². The van der Waals surface area contributed by atoms with E-state index in [-0.39, 0.29) is 0 Å². The SMILES string of the molecule is N[C@@H](CCc1nc2cc(N(CCCl)CCCl)ccc2n1-c1ccccc1)C(=O)O. The van der Waals surface area contributed by atoms with Gasteiger partial charge in [0.2, 0.25) is 0 Å². The van der Waals surface area contributed by atoms with Gasteiger partial charge in [-0.05, 0) is 36.8 Å². The summed E-state index contributed by atoms with van der Waals surface area (Å²) in [6, 6.07) is 15.1. The number of hydrogen-bond donors (Lipinski definition) is 2. The molecule has 0 fully saturated rings. The molecular weight excluding hydrogens is 411 g/mol. The number of para-hydroxylation sites is 1. The standard InChI is InChI=1S/C21H24Cl2N4O2/c22-10-12-26(13-11-23)16-6-8-19-18(14-16)25-20(9-7-17(24)21(28)29)27(19)15-4-2-1-3-5-15/h1-6,8,14,17H,7,9-13,24H2,(H,28,29)/t17-/m0/s1. The Bertz CT molecular complexity index is 956. The normalized spacial score (nSPS) is 12.2. The molecule has 0 aliphatic rings. The van der Waals surface area contributed by atoms with Gasteiger partial charge < -0.3 is 15.7 Å². The molecule has 0 saturated heterocycles. The second-order valence-electron chi connectivity index (χ2n) is 6.72. The highest BCUT2D eigenvalue weighted by atomic mass is 35.5. The van der Waals surface area contributed by atoms with Crippen molar-refractivity contribution in [2.75, 3.05) is 29.7 Å². The molecule has 154 valence electrons. The van der Waals surface area contributed by atoms with E-state index >= 15 is 0 Å². The Morgan fingerprint density at radius 3 is 2.45 bits per heavy atom. The lowest BCUT2D eigenvalue weighted by Crippen LogP contribution is -2.30. The number of halogens is 2. The van der Waals surface area contributed by atoms with Crippen LogP contribution in [0.5, 0.6) is 0 Å². The zero-order valence-electron chi connectivity index (χ0n) is 16.0. The molecule has 2 aromatic carbocycles. The van der Waals surface area contributed by atoms with Gasteiger partial charge in [0.15, 0.2) is 0 Å². The lowest BCUT2D eigenvalue weighted by molar-refractivity contribution is -0.138. The predicted molar refractivity (Wildman–Crippen MR) is 119 cm³/mol. The number of benzene rings is 2. The van der Waals surface area contributed by atoms with Crippen LogP contribution in [-0.4, -0.2) is 51.5 Å². The molecule has 0 saturated carbocycles. The fraction of sp³-hybridized carbons (Fsp3) is 0.333. The maximum absolute atomic E-state index is 11.1. The number of rotatable bonds is 10. The van der Waals surface area contributed by atoms with Crippen LogP contribution in [0.3, 0.4) is 0 Å². The van der Waals surface area contributed by atoms with Gasteiger partial charge in [0.05, 0.1) is 11.0 Å². The minimum Gasteiger partial charge on any atom is -0.480 e. The molecule has 0 aliphatic carbocycles. The Balaban J connectivity index is 2.04. The van der Waals surface area contributed by atoms with Crippen LogP contribution in [0.2, 0.25) is 0 Å². The average molecular weight is 435 g/mol. The van der Waals surface area contributed by atoms with E-state index in [9.17, 15) is 4.79 Å². The summed E-state index contributed by atoms with van der Waals surface area (Å²) in [7, 11) is 0.